The van der Waals surface area contributed by atoms with E-state index in [1.807, 2.05) is 59.2 Å². The summed E-state index contributed by atoms with van der Waals surface area (Å²) < 4.78 is 19.2. The van der Waals surface area contributed by atoms with E-state index in [9.17, 15) is 0 Å². The maximum Gasteiger partial charge on any atom is 0.213 e. The number of rotatable bonds is 7. The van der Waals surface area contributed by atoms with Gasteiger partial charge in [0.1, 0.15) is 19.8 Å². The van der Waals surface area contributed by atoms with E-state index in [2.05, 4.69) is 9.88 Å². The molecule has 0 saturated carbocycles. The molecule has 2 aliphatic heterocycles. The van der Waals surface area contributed by atoms with Gasteiger partial charge < -0.3 is 14.2 Å². The number of hydrogen-bond donors (Lipinski definition) is 0. The third-order valence-corrected chi connectivity index (χ3v) is 6.51. The molecule has 0 unspecified atom stereocenters. The first-order valence-electron chi connectivity index (χ1n) is 12.4. The molecular formula is C27H29N5O3. The van der Waals surface area contributed by atoms with Gasteiger partial charge in [0, 0.05) is 30.8 Å². The fourth-order valence-corrected chi connectivity index (χ4v) is 4.69. The van der Waals surface area contributed by atoms with Crippen molar-refractivity contribution in [2.45, 2.75) is 25.7 Å². The van der Waals surface area contributed by atoms with Gasteiger partial charge in [0.05, 0.1) is 5.69 Å². The van der Waals surface area contributed by atoms with Crippen molar-refractivity contribution in [2.75, 3.05) is 39.5 Å². The molecule has 0 N–H and O–H groups in total. The molecule has 8 nitrogen and oxygen atoms in total. The van der Waals surface area contributed by atoms with Crippen LogP contribution in [0.3, 0.4) is 0 Å². The van der Waals surface area contributed by atoms with Gasteiger partial charge >= 0.3 is 0 Å². The summed E-state index contributed by atoms with van der Waals surface area (Å²) in [6.07, 6.45) is 6.39. The van der Waals surface area contributed by atoms with E-state index in [-0.39, 0.29) is 0 Å². The molecule has 180 valence electrons. The molecule has 3 aromatic heterocycles. The van der Waals surface area contributed by atoms with Crippen LogP contribution in [0.25, 0.3) is 16.9 Å². The minimum atomic E-state index is 0.560. The van der Waals surface area contributed by atoms with E-state index >= 15 is 0 Å². The zero-order valence-electron chi connectivity index (χ0n) is 19.7. The Morgan fingerprint density at radius 2 is 1.80 bits per heavy atom. The fraction of sp³-hybridized carbons (Fsp3) is 0.370. The summed E-state index contributed by atoms with van der Waals surface area (Å²) >= 11 is 0. The van der Waals surface area contributed by atoms with Gasteiger partial charge in [-0.3, -0.25) is 4.90 Å². The molecule has 1 aromatic carbocycles. The van der Waals surface area contributed by atoms with Gasteiger partial charge in [0.2, 0.25) is 5.88 Å². The Hall–Kier alpha value is -3.65. The smallest absolute Gasteiger partial charge is 0.213 e. The number of aromatic nitrogens is 4. The zero-order chi connectivity index (χ0) is 23.5. The summed E-state index contributed by atoms with van der Waals surface area (Å²) in [4.78, 5) is 11.7. The van der Waals surface area contributed by atoms with Gasteiger partial charge in [-0.1, -0.05) is 18.6 Å². The predicted octanol–water partition coefficient (Wildman–Crippen LogP) is 4.02. The third-order valence-electron chi connectivity index (χ3n) is 6.51. The maximum atomic E-state index is 5.86. The Bertz CT molecular complexity index is 1300. The molecule has 4 aromatic rings. The summed E-state index contributed by atoms with van der Waals surface area (Å²) in [6, 6.07) is 15.9. The number of ether oxygens (including phenoxy) is 3. The van der Waals surface area contributed by atoms with Crippen molar-refractivity contribution in [2.24, 2.45) is 0 Å². The van der Waals surface area contributed by atoms with Crippen molar-refractivity contribution in [3.63, 3.8) is 0 Å². The van der Waals surface area contributed by atoms with Crippen LogP contribution in [0.2, 0.25) is 0 Å². The molecule has 5 heterocycles. The highest BCUT2D eigenvalue weighted by Crippen LogP contribution is 2.34. The quantitative estimate of drug-likeness (QED) is 0.403. The van der Waals surface area contributed by atoms with Gasteiger partial charge in [0.25, 0.3) is 0 Å². The van der Waals surface area contributed by atoms with Gasteiger partial charge in [-0.25, -0.2) is 14.5 Å². The molecule has 6 rings (SSSR count). The highest BCUT2D eigenvalue weighted by atomic mass is 16.6. The molecule has 1 saturated heterocycles. The first-order chi connectivity index (χ1) is 17.3. The lowest BCUT2D eigenvalue weighted by Gasteiger charge is -2.26. The summed E-state index contributed by atoms with van der Waals surface area (Å²) in [6.45, 7) is 5.12. The molecule has 35 heavy (non-hydrogen) atoms. The molecule has 0 spiro atoms. The van der Waals surface area contributed by atoms with Crippen LogP contribution >= 0.6 is 0 Å². The SMILES string of the molecule is c1cc(-c2ccc3c(c2)OCCO3)n2nc(Cc3ccc(OCCN4CCCCC4)nc3)nc2c1. The average Bonchev–Trinajstić information content (AvgIpc) is 3.32. The van der Waals surface area contributed by atoms with Crippen molar-refractivity contribution in [3.05, 3.63) is 66.1 Å². The molecule has 0 bridgehead atoms. The van der Waals surface area contributed by atoms with Gasteiger partial charge in [-0.05, 0) is 61.8 Å². The minimum absolute atomic E-state index is 0.560. The summed E-state index contributed by atoms with van der Waals surface area (Å²) in [5.41, 5.74) is 3.81. The van der Waals surface area contributed by atoms with Crippen molar-refractivity contribution < 1.29 is 14.2 Å². The molecule has 0 amide bonds. The molecule has 8 heteroatoms. The Morgan fingerprint density at radius 1 is 0.914 bits per heavy atom. The fourth-order valence-electron chi connectivity index (χ4n) is 4.69. The second-order valence-corrected chi connectivity index (χ2v) is 9.00. The van der Waals surface area contributed by atoms with E-state index in [1.54, 1.807) is 0 Å². The van der Waals surface area contributed by atoms with E-state index in [4.69, 9.17) is 24.3 Å². The number of fused-ring (bicyclic) bond motifs is 2. The minimum Gasteiger partial charge on any atom is -0.486 e. The number of pyridine rings is 2. The van der Waals surface area contributed by atoms with Crippen LogP contribution < -0.4 is 14.2 Å². The van der Waals surface area contributed by atoms with Crippen LogP contribution in [-0.4, -0.2) is 63.9 Å². The summed E-state index contributed by atoms with van der Waals surface area (Å²) in [5, 5.41) is 4.79. The van der Waals surface area contributed by atoms with E-state index < -0.39 is 0 Å². The molecular weight excluding hydrogens is 442 g/mol. The van der Waals surface area contributed by atoms with Crippen molar-refractivity contribution in [1.29, 1.82) is 0 Å². The largest absolute Gasteiger partial charge is 0.486 e. The standard InChI is InChI=1S/C27H29N5O3/c1-2-11-31(12-3-1)13-14-35-27-10-7-20(19-28-27)17-25-29-26-6-4-5-22(32(26)30-25)21-8-9-23-24(18-21)34-16-15-33-23/h4-10,18-19H,1-3,11-17H2. The van der Waals surface area contributed by atoms with Crippen LogP contribution in [0.5, 0.6) is 17.4 Å². The van der Waals surface area contributed by atoms with Crippen molar-refractivity contribution >= 4 is 5.65 Å². The topological polar surface area (TPSA) is 74.0 Å². The number of piperidine rings is 1. The Balaban J connectivity index is 1.14. The second-order valence-electron chi connectivity index (χ2n) is 9.00. The van der Waals surface area contributed by atoms with Gasteiger partial charge in [0.15, 0.2) is 23.0 Å². The molecule has 0 atom stereocenters. The number of nitrogens with zero attached hydrogens (tertiary/aromatic N) is 5. The number of benzene rings is 1. The highest BCUT2D eigenvalue weighted by molar-refractivity contribution is 5.66. The molecule has 1 fully saturated rings. The van der Waals surface area contributed by atoms with Crippen LogP contribution in [0.15, 0.2) is 54.7 Å². The zero-order valence-corrected chi connectivity index (χ0v) is 19.7. The van der Waals surface area contributed by atoms with E-state index in [0.29, 0.717) is 32.1 Å². The van der Waals surface area contributed by atoms with E-state index in [0.717, 1.165) is 46.3 Å². The maximum absolute atomic E-state index is 5.86. The summed E-state index contributed by atoms with van der Waals surface area (Å²) in [7, 11) is 0. The van der Waals surface area contributed by atoms with Crippen LogP contribution in [0.1, 0.15) is 30.7 Å². The van der Waals surface area contributed by atoms with Crippen molar-refractivity contribution in [1.82, 2.24) is 24.5 Å². The number of hydrogen-bond acceptors (Lipinski definition) is 7. The second kappa shape index (κ2) is 9.92. The Kier molecular flexibility index (Phi) is 6.19. The first kappa shape index (κ1) is 21.9. The molecule has 0 aliphatic carbocycles. The highest BCUT2D eigenvalue weighted by Gasteiger charge is 2.15. The average molecular weight is 472 g/mol. The lowest BCUT2D eigenvalue weighted by Crippen LogP contribution is -2.33. The molecule has 0 radical (unpaired) electrons. The van der Waals surface area contributed by atoms with E-state index in [1.165, 1.54) is 32.4 Å². The third kappa shape index (κ3) is 4.93. The first-order valence-corrected chi connectivity index (χ1v) is 12.4. The predicted molar refractivity (Wildman–Crippen MR) is 132 cm³/mol. The normalized spacial score (nSPS) is 15.9. The Labute approximate surface area is 204 Å². The monoisotopic (exact) mass is 471 g/mol. The van der Waals surface area contributed by atoms with Gasteiger partial charge in [-0.15, -0.1) is 0 Å². The Morgan fingerprint density at radius 3 is 2.66 bits per heavy atom. The summed E-state index contributed by atoms with van der Waals surface area (Å²) in [5.74, 6) is 2.94. The lowest BCUT2D eigenvalue weighted by molar-refractivity contribution is 0.171. The van der Waals surface area contributed by atoms with Crippen molar-refractivity contribution in [3.8, 4) is 28.6 Å². The van der Waals surface area contributed by atoms with Gasteiger partial charge in [-0.2, -0.15) is 5.10 Å². The lowest BCUT2D eigenvalue weighted by atomic mass is 10.1. The van der Waals surface area contributed by atoms with Crippen LogP contribution in [0.4, 0.5) is 0 Å². The van der Waals surface area contributed by atoms with Crippen LogP contribution in [-0.2, 0) is 6.42 Å². The van der Waals surface area contributed by atoms with Crippen LogP contribution in [0, 0.1) is 0 Å². The molecule has 2 aliphatic rings. The number of likely N-dealkylation sites (tertiary alicyclic amines) is 1.